The molecule has 2 rings (SSSR count). The molecule has 2 aliphatic rings. The molecule has 0 unspecified atom stereocenters. The van der Waals surface area contributed by atoms with E-state index in [1.165, 1.54) is 44.9 Å². The average Bonchev–Trinajstić information content (AvgIpc) is 2.70. The van der Waals surface area contributed by atoms with Gasteiger partial charge in [0.15, 0.2) is 0 Å². The Morgan fingerprint density at radius 2 is 2.22 bits per heavy atom. The third-order valence-corrected chi connectivity index (χ3v) is 5.03. The Morgan fingerprint density at radius 1 is 1.44 bits per heavy atom. The molecule has 0 spiro atoms. The van der Waals surface area contributed by atoms with Gasteiger partial charge in [-0.15, -0.1) is 0 Å². The van der Waals surface area contributed by atoms with Crippen LogP contribution in [0.4, 0.5) is 0 Å². The number of carbonyl (C=O) groups is 1. The molecule has 0 aromatic heterocycles. The second kappa shape index (κ2) is 5.46. The summed E-state index contributed by atoms with van der Waals surface area (Å²) in [5.74, 6) is -0.0853. The maximum Gasteiger partial charge on any atom is 0.303 e. The Morgan fingerprint density at radius 3 is 2.89 bits per heavy atom. The van der Waals surface area contributed by atoms with Gasteiger partial charge in [0, 0.05) is 6.42 Å². The number of hydrogen-bond donors (Lipinski definition) is 1. The van der Waals surface area contributed by atoms with Gasteiger partial charge in [0.05, 0.1) is 0 Å². The molecule has 0 heterocycles. The first kappa shape index (κ1) is 13.6. The van der Waals surface area contributed by atoms with Crippen molar-refractivity contribution in [2.75, 3.05) is 0 Å². The van der Waals surface area contributed by atoms with Gasteiger partial charge >= 0.3 is 5.97 Å². The van der Waals surface area contributed by atoms with Crippen LogP contribution in [-0.4, -0.2) is 11.1 Å². The third kappa shape index (κ3) is 2.62. The van der Waals surface area contributed by atoms with Crippen LogP contribution in [0.5, 0.6) is 0 Å². The molecular formula is C16H26O2. The molecule has 2 nitrogen and oxygen atoms in total. The lowest BCUT2D eigenvalue weighted by atomic mass is 9.67. The van der Waals surface area contributed by atoms with Crippen LogP contribution < -0.4 is 0 Å². The van der Waals surface area contributed by atoms with E-state index in [1.54, 1.807) is 11.1 Å². The van der Waals surface area contributed by atoms with Gasteiger partial charge in [0.25, 0.3) is 0 Å². The highest BCUT2D eigenvalue weighted by Gasteiger charge is 2.40. The topological polar surface area (TPSA) is 37.3 Å². The summed E-state index contributed by atoms with van der Waals surface area (Å²) in [6, 6.07) is 0. The maximum atomic E-state index is 10.8. The summed E-state index contributed by atoms with van der Waals surface area (Å²) >= 11 is 0. The molecule has 0 aromatic carbocycles. The van der Waals surface area contributed by atoms with E-state index in [4.69, 9.17) is 5.11 Å². The van der Waals surface area contributed by atoms with E-state index in [0.29, 0.717) is 17.8 Å². The molecule has 0 amide bonds. The van der Waals surface area contributed by atoms with E-state index >= 15 is 0 Å². The molecule has 0 radical (unpaired) electrons. The zero-order chi connectivity index (χ0) is 13.2. The molecular weight excluding hydrogens is 224 g/mol. The first-order valence-electron chi connectivity index (χ1n) is 7.51. The zero-order valence-electron chi connectivity index (χ0n) is 11.8. The van der Waals surface area contributed by atoms with E-state index in [2.05, 4.69) is 13.8 Å². The van der Waals surface area contributed by atoms with Crippen LogP contribution in [0.3, 0.4) is 0 Å². The van der Waals surface area contributed by atoms with Crippen LogP contribution in [0.1, 0.15) is 71.6 Å². The summed E-state index contributed by atoms with van der Waals surface area (Å²) in [5.41, 5.74) is 3.82. The molecule has 1 saturated carbocycles. The molecule has 0 saturated heterocycles. The van der Waals surface area contributed by atoms with E-state index in [0.717, 1.165) is 6.42 Å². The molecule has 102 valence electrons. The van der Waals surface area contributed by atoms with Crippen LogP contribution in [0.2, 0.25) is 0 Å². The smallest absolute Gasteiger partial charge is 0.303 e. The number of carboxylic acids is 1. The maximum absolute atomic E-state index is 10.8. The van der Waals surface area contributed by atoms with Crippen molar-refractivity contribution >= 4 is 5.97 Å². The van der Waals surface area contributed by atoms with Crippen LogP contribution in [-0.2, 0) is 4.79 Å². The second-order valence-corrected chi connectivity index (χ2v) is 6.34. The SMILES string of the molecule is CCCC1=C2CCC[C@@]2(C)CC[C@@H]1CCC(=O)O. The van der Waals surface area contributed by atoms with Crippen molar-refractivity contribution in [1.29, 1.82) is 0 Å². The van der Waals surface area contributed by atoms with Gasteiger partial charge in [-0.05, 0) is 56.3 Å². The molecule has 2 aliphatic carbocycles. The van der Waals surface area contributed by atoms with Crippen LogP contribution in [0.15, 0.2) is 11.1 Å². The summed E-state index contributed by atoms with van der Waals surface area (Å²) in [4.78, 5) is 10.8. The summed E-state index contributed by atoms with van der Waals surface area (Å²) in [7, 11) is 0. The third-order valence-electron chi connectivity index (χ3n) is 5.03. The fraction of sp³-hybridized carbons (Fsp3) is 0.812. The lowest BCUT2D eigenvalue weighted by molar-refractivity contribution is -0.137. The van der Waals surface area contributed by atoms with Gasteiger partial charge < -0.3 is 5.11 Å². The zero-order valence-corrected chi connectivity index (χ0v) is 11.8. The minimum absolute atomic E-state index is 0.335. The highest BCUT2D eigenvalue weighted by atomic mass is 16.4. The van der Waals surface area contributed by atoms with Gasteiger partial charge in [0.2, 0.25) is 0 Å². The van der Waals surface area contributed by atoms with Crippen LogP contribution in [0.25, 0.3) is 0 Å². The van der Waals surface area contributed by atoms with Crippen LogP contribution in [0, 0.1) is 11.3 Å². The minimum atomic E-state index is -0.643. The molecule has 0 aliphatic heterocycles. The molecule has 1 fully saturated rings. The summed E-state index contributed by atoms with van der Waals surface area (Å²) in [5, 5.41) is 8.88. The number of allylic oxidation sites excluding steroid dienone is 2. The van der Waals surface area contributed by atoms with Crippen molar-refractivity contribution in [2.24, 2.45) is 11.3 Å². The first-order valence-corrected chi connectivity index (χ1v) is 7.51. The fourth-order valence-electron chi connectivity index (χ4n) is 4.09. The van der Waals surface area contributed by atoms with Crippen molar-refractivity contribution in [3.63, 3.8) is 0 Å². The first-order chi connectivity index (χ1) is 8.57. The van der Waals surface area contributed by atoms with Crippen molar-refractivity contribution in [3.05, 3.63) is 11.1 Å². The van der Waals surface area contributed by atoms with E-state index in [-0.39, 0.29) is 0 Å². The molecule has 2 atom stereocenters. The van der Waals surface area contributed by atoms with Gasteiger partial charge in [-0.2, -0.15) is 0 Å². The Labute approximate surface area is 110 Å². The van der Waals surface area contributed by atoms with Crippen molar-refractivity contribution < 1.29 is 9.90 Å². The van der Waals surface area contributed by atoms with E-state index < -0.39 is 5.97 Å². The highest BCUT2D eigenvalue weighted by molar-refractivity contribution is 5.66. The minimum Gasteiger partial charge on any atom is -0.481 e. The normalized spacial score (nSPS) is 31.6. The summed E-state index contributed by atoms with van der Waals surface area (Å²) in [6.07, 6.45) is 10.0. The fourth-order valence-corrected chi connectivity index (χ4v) is 4.09. The molecule has 0 bridgehead atoms. The second-order valence-electron chi connectivity index (χ2n) is 6.34. The van der Waals surface area contributed by atoms with Gasteiger partial charge in [-0.3, -0.25) is 4.79 Å². The number of fused-ring (bicyclic) bond motifs is 1. The molecule has 18 heavy (non-hydrogen) atoms. The lowest BCUT2D eigenvalue weighted by Gasteiger charge is -2.38. The van der Waals surface area contributed by atoms with Gasteiger partial charge in [-0.25, -0.2) is 0 Å². The monoisotopic (exact) mass is 250 g/mol. The predicted molar refractivity (Wildman–Crippen MR) is 73.5 cm³/mol. The lowest BCUT2D eigenvalue weighted by Crippen LogP contribution is -2.25. The Hall–Kier alpha value is -0.790. The summed E-state index contributed by atoms with van der Waals surface area (Å²) < 4.78 is 0. The van der Waals surface area contributed by atoms with Gasteiger partial charge in [0.1, 0.15) is 0 Å². The Balaban J connectivity index is 2.19. The number of hydrogen-bond acceptors (Lipinski definition) is 1. The standard InChI is InChI=1S/C16H26O2/c1-3-5-13-12(7-8-15(17)18)9-11-16(2)10-4-6-14(13)16/h12H,3-11H2,1-2H3,(H,17,18)/t12-,16-/m0/s1. The Bertz CT molecular complexity index is 356. The van der Waals surface area contributed by atoms with Crippen molar-refractivity contribution in [3.8, 4) is 0 Å². The quantitative estimate of drug-likeness (QED) is 0.727. The average molecular weight is 250 g/mol. The number of aliphatic carboxylic acids is 1. The van der Waals surface area contributed by atoms with Crippen molar-refractivity contribution in [2.45, 2.75) is 71.6 Å². The van der Waals surface area contributed by atoms with E-state index in [1.807, 2.05) is 0 Å². The Kier molecular flexibility index (Phi) is 4.14. The van der Waals surface area contributed by atoms with E-state index in [9.17, 15) is 4.79 Å². The largest absolute Gasteiger partial charge is 0.481 e. The van der Waals surface area contributed by atoms with Crippen LogP contribution >= 0.6 is 0 Å². The molecule has 1 N–H and O–H groups in total. The predicted octanol–water partition coefficient (Wildman–Crippen LogP) is 4.55. The number of carboxylic acid groups (broad SMARTS) is 1. The molecule has 2 heteroatoms. The van der Waals surface area contributed by atoms with Crippen molar-refractivity contribution in [1.82, 2.24) is 0 Å². The highest BCUT2D eigenvalue weighted by Crippen LogP contribution is 2.54. The summed E-state index contributed by atoms with van der Waals surface area (Å²) in [6.45, 7) is 4.67. The number of rotatable bonds is 5. The van der Waals surface area contributed by atoms with Gasteiger partial charge in [-0.1, -0.05) is 31.4 Å². The molecule has 0 aromatic rings.